The molecule has 0 saturated carbocycles. The van der Waals surface area contributed by atoms with Gasteiger partial charge in [0.15, 0.2) is 11.6 Å². The highest BCUT2D eigenvalue weighted by Crippen LogP contribution is 2.51. The van der Waals surface area contributed by atoms with Gasteiger partial charge in [-0.25, -0.2) is 13.8 Å². The van der Waals surface area contributed by atoms with Gasteiger partial charge in [0.25, 0.3) is 0 Å². The molecule has 42 heavy (non-hydrogen) atoms. The number of ether oxygens (including phenoxy) is 2. The van der Waals surface area contributed by atoms with Crippen molar-refractivity contribution in [3.8, 4) is 29.0 Å². The standard InChI is InChI=1S/C29H22ClF2N7O2S/c1-3-5-17(13-6-4-9-36-26(13)34)39-10-11-41-24-20-23(37-29(40-2)38-28(20)39)22(32)19(21(24)30)14-7-8-16(31)25-18(14)15(12-33)27(35)42-25/h3-9,17H,10-11,35H2,1-2H3,(H2,34,36)/b5-3+. The van der Waals surface area contributed by atoms with Gasteiger partial charge >= 0.3 is 6.01 Å². The highest BCUT2D eigenvalue weighted by atomic mass is 35.5. The van der Waals surface area contributed by atoms with E-state index < -0.39 is 17.7 Å². The molecule has 1 aliphatic heterocycles. The van der Waals surface area contributed by atoms with Gasteiger partial charge in [0, 0.05) is 22.7 Å². The summed E-state index contributed by atoms with van der Waals surface area (Å²) in [5, 5.41) is 10.2. The maximum Gasteiger partial charge on any atom is 0.318 e. The fourth-order valence-corrected chi connectivity index (χ4v) is 6.56. The first-order valence-corrected chi connectivity index (χ1v) is 13.9. The molecule has 4 N–H and O–H groups in total. The zero-order valence-electron chi connectivity index (χ0n) is 22.3. The Morgan fingerprint density at radius 3 is 2.76 bits per heavy atom. The number of aromatic nitrogens is 3. The second-order valence-corrected chi connectivity index (χ2v) is 10.8. The van der Waals surface area contributed by atoms with Crippen LogP contribution in [0, 0.1) is 23.0 Å². The molecule has 2 aromatic carbocycles. The molecule has 0 saturated heterocycles. The summed E-state index contributed by atoms with van der Waals surface area (Å²) >= 11 is 7.84. The number of hydrogen-bond donors (Lipinski definition) is 2. The van der Waals surface area contributed by atoms with Gasteiger partial charge in [-0.05, 0) is 24.6 Å². The van der Waals surface area contributed by atoms with E-state index in [9.17, 15) is 9.65 Å². The SMILES string of the molecule is C/C=C/C(c1cccnc1N)N1CCOc2c(Cl)c(-c3ccc(F)c4sc(N)c(C#N)c34)c(F)c3nc(OC)nc1c23. The topological polar surface area (TPSA) is 136 Å². The van der Waals surface area contributed by atoms with E-state index in [0.29, 0.717) is 23.7 Å². The Balaban J connectivity index is 1.69. The van der Waals surface area contributed by atoms with Crippen LogP contribution in [0.1, 0.15) is 24.1 Å². The average molecular weight is 606 g/mol. The van der Waals surface area contributed by atoms with Gasteiger partial charge in [-0.1, -0.05) is 35.9 Å². The summed E-state index contributed by atoms with van der Waals surface area (Å²) < 4.78 is 43.2. The average Bonchev–Trinajstić information content (AvgIpc) is 3.21. The minimum atomic E-state index is -0.823. The van der Waals surface area contributed by atoms with E-state index >= 15 is 4.39 Å². The molecule has 0 bridgehead atoms. The van der Waals surface area contributed by atoms with Gasteiger partial charge in [0.05, 0.1) is 40.4 Å². The summed E-state index contributed by atoms with van der Waals surface area (Å²) in [6, 6.07) is 7.64. The first-order chi connectivity index (χ1) is 20.3. The molecule has 13 heteroatoms. The molecule has 0 fully saturated rings. The molecule has 0 amide bonds. The number of fused-ring (bicyclic) bond motifs is 1. The molecule has 5 aromatic rings. The van der Waals surface area contributed by atoms with Crippen LogP contribution in [0.25, 0.3) is 32.1 Å². The molecule has 1 aliphatic rings. The van der Waals surface area contributed by atoms with Crippen LogP contribution in [-0.4, -0.2) is 35.2 Å². The van der Waals surface area contributed by atoms with Crippen LogP contribution in [0.3, 0.4) is 0 Å². The van der Waals surface area contributed by atoms with Crippen LogP contribution in [0.4, 0.5) is 25.4 Å². The predicted molar refractivity (Wildman–Crippen MR) is 160 cm³/mol. The number of allylic oxidation sites excluding steroid dienone is 1. The number of nitrogens with zero attached hydrogens (tertiary/aromatic N) is 5. The predicted octanol–water partition coefficient (Wildman–Crippen LogP) is 6.40. The van der Waals surface area contributed by atoms with E-state index in [1.165, 1.54) is 19.2 Å². The number of nitrogen functional groups attached to an aromatic ring is 2. The lowest BCUT2D eigenvalue weighted by Crippen LogP contribution is -2.32. The van der Waals surface area contributed by atoms with Gasteiger partial charge in [-0.3, -0.25) is 0 Å². The summed E-state index contributed by atoms with van der Waals surface area (Å²) in [6.45, 7) is 2.32. The summed E-state index contributed by atoms with van der Waals surface area (Å²) in [5.41, 5.74) is 13.0. The quantitative estimate of drug-likeness (QED) is 0.218. The van der Waals surface area contributed by atoms with Crippen molar-refractivity contribution in [1.29, 1.82) is 5.26 Å². The Kier molecular flexibility index (Phi) is 6.92. The van der Waals surface area contributed by atoms with E-state index in [2.05, 4.69) is 15.0 Å². The first kappa shape index (κ1) is 27.4. The van der Waals surface area contributed by atoms with Gasteiger partial charge in [-0.15, -0.1) is 11.3 Å². The first-order valence-electron chi connectivity index (χ1n) is 12.7. The van der Waals surface area contributed by atoms with Crippen molar-refractivity contribution in [2.75, 3.05) is 36.6 Å². The highest BCUT2D eigenvalue weighted by molar-refractivity contribution is 7.23. The lowest BCUT2D eigenvalue weighted by molar-refractivity contribution is 0.329. The van der Waals surface area contributed by atoms with Gasteiger partial charge < -0.3 is 25.8 Å². The Labute approximate surface area is 247 Å². The molecule has 1 atom stereocenters. The number of anilines is 3. The van der Waals surface area contributed by atoms with Crippen LogP contribution >= 0.6 is 22.9 Å². The number of halogens is 3. The third kappa shape index (κ3) is 4.12. The summed E-state index contributed by atoms with van der Waals surface area (Å²) in [4.78, 5) is 15.1. The lowest BCUT2D eigenvalue weighted by Gasteiger charge is -2.31. The normalized spacial score (nSPS) is 13.8. The zero-order chi connectivity index (χ0) is 29.7. The third-order valence-electron chi connectivity index (χ3n) is 7.08. The van der Waals surface area contributed by atoms with Crippen LogP contribution in [0.5, 0.6) is 11.8 Å². The summed E-state index contributed by atoms with van der Waals surface area (Å²) in [5.74, 6) is -0.640. The van der Waals surface area contributed by atoms with Crippen LogP contribution in [-0.2, 0) is 0 Å². The number of benzene rings is 2. The number of hydrogen-bond acceptors (Lipinski definition) is 10. The molecule has 0 aliphatic carbocycles. The summed E-state index contributed by atoms with van der Waals surface area (Å²) in [7, 11) is 1.38. The van der Waals surface area contributed by atoms with Crippen LogP contribution in [0.15, 0.2) is 42.6 Å². The maximum atomic E-state index is 16.8. The minimum absolute atomic E-state index is 0.0298. The molecule has 6 rings (SSSR count). The molecule has 1 unspecified atom stereocenters. The number of nitrogens with two attached hydrogens (primary N) is 2. The highest BCUT2D eigenvalue weighted by Gasteiger charge is 2.34. The zero-order valence-corrected chi connectivity index (χ0v) is 23.9. The van der Waals surface area contributed by atoms with E-state index in [-0.39, 0.29) is 66.1 Å². The number of thiophene rings is 1. The fraction of sp³-hybridized carbons (Fsp3) is 0.172. The van der Waals surface area contributed by atoms with Gasteiger partial charge in [-0.2, -0.15) is 15.2 Å². The number of methoxy groups -OCH3 is 1. The number of rotatable bonds is 5. The molecule has 9 nitrogen and oxygen atoms in total. The van der Waals surface area contributed by atoms with Crippen LogP contribution in [0.2, 0.25) is 5.02 Å². The number of nitriles is 1. The van der Waals surface area contributed by atoms with E-state index in [0.717, 1.165) is 11.3 Å². The molecular weight excluding hydrogens is 584 g/mol. The molecule has 4 heterocycles. The fourth-order valence-electron chi connectivity index (χ4n) is 5.28. The van der Waals surface area contributed by atoms with Gasteiger partial charge in [0.1, 0.15) is 40.6 Å². The second kappa shape index (κ2) is 10.6. The van der Waals surface area contributed by atoms with Crippen molar-refractivity contribution in [2.45, 2.75) is 13.0 Å². The van der Waals surface area contributed by atoms with Crippen molar-refractivity contribution in [3.05, 3.63) is 70.4 Å². The van der Waals surface area contributed by atoms with Crippen molar-refractivity contribution < 1.29 is 18.3 Å². The van der Waals surface area contributed by atoms with Crippen molar-refractivity contribution in [3.63, 3.8) is 0 Å². The van der Waals surface area contributed by atoms with Crippen LogP contribution < -0.4 is 25.8 Å². The Hall–Kier alpha value is -4.73. The summed E-state index contributed by atoms with van der Waals surface area (Å²) in [6.07, 6.45) is 5.39. The Morgan fingerprint density at radius 2 is 2.05 bits per heavy atom. The number of pyridine rings is 1. The lowest BCUT2D eigenvalue weighted by atomic mass is 9.96. The van der Waals surface area contributed by atoms with E-state index in [4.69, 9.17) is 32.5 Å². The van der Waals surface area contributed by atoms with E-state index in [1.807, 2.05) is 36.1 Å². The minimum Gasteiger partial charge on any atom is -0.489 e. The molecule has 0 radical (unpaired) electrons. The maximum absolute atomic E-state index is 16.8. The monoisotopic (exact) mass is 605 g/mol. The Bertz CT molecular complexity index is 1970. The third-order valence-corrected chi connectivity index (χ3v) is 8.46. The molecule has 0 spiro atoms. The molecule has 3 aromatic heterocycles. The Morgan fingerprint density at radius 1 is 1.24 bits per heavy atom. The van der Waals surface area contributed by atoms with Crippen molar-refractivity contribution in [2.24, 2.45) is 0 Å². The smallest absolute Gasteiger partial charge is 0.318 e. The largest absolute Gasteiger partial charge is 0.489 e. The molecular formula is C29H22ClF2N7O2S. The second-order valence-electron chi connectivity index (χ2n) is 9.33. The van der Waals surface area contributed by atoms with Crippen molar-refractivity contribution >= 4 is 60.6 Å². The van der Waals surface area contributed by atoms with Crippen molar-refractivity contribution in [1.82, 2.24) is 15.0 Å². The molecule has 212 valence electrons. The van der Waals surface area contributed by atoms with Gasteiger partial charge in [0.2, 0.25) is 0 Å². The van der Waals surface area contributed by atoms with E-state index in [1.54, 1.807) is 12.3 Å².